The molecule has 19 rings (SSSR count). The minimum atomic E-state index is 0.140. The van der Waals surface area contributed by atoms with Crippen molar-refractivity contribution in [2.75, 3.05) is 0 Å². The Kier molecular flexibility index (Phi) is 6.65. The third-order valence-electron chi connectivity index (χ3n) is 20.8. The predicted molar refractivity (Wildman–Crippen MR) is 259 cm³/mol. The van der Waals surface area contributed by atoms with Gasteiger partial charge in [-0.3, -0.25) is 9.78 Å². The van der Waals surface area contributed by atoms with Crippen molar-refractivity contribution in [3.8, 4) is 0 Å². The zero-order chi connectivity index (χ0) is 41.4. The highest BCUT2D eigenvalue weighted by Gasteiger charge is 2.52. The lowest BCUT2D eigenvalue weighted by Gasteiger charge is -2.57. The molecule has 9 aromatic rings. The molecule has 5 heterocycles. The van der Waals surface area contributed by atoms with E-state index in [1.807, 2.05) is 0 Å². The fourth-order valence-electron chi connectivity index (χ4n) is 17.9. The Balaban J connectivity index is 1.06. The van der Waals surface area contributed by atoms with Gasteiger partial charge in [-0.15, -0.1) is 0 Å². The zero-order valence-corrected chi connectivity index (χ0v) is 37.5. The van der Waals surface area contributed by atoms with Crippen LogP contribution in [0.5, 0.6) is 0 Å². The van der Waals surface area contributed by atoms with Crippen LogP contribution in [0.1, 0.15) is 186 Å². The lowest BCUT2D eigenvalue weighted by atomic mass is 9.48. The summed E-state index contributed by atoms with van der Waals surface area (Å²) in [6.07, 6.45) is 23.8. The molecular weight excluding hydrogens is 767 g/mol. The molecule has 0 saturated heterocycles. The molecule has 0 radical (unpaired) electrons. The summed E-state index contributed by atoms with van der Waals surface area (Å²) in [7, 11) is 0. The lowest BCUT2D eigenvalue weighted by Crippen LogP contribution is -2.48. The predicted octanol–water partition coefficient (Wildman–Crippen LogP) is 15.5. The molecule has 6 fully saturated rings. The molecule has 0 amide bonds. The molecule has 0 unspecified atom stereocenters. The number of rotatable bonds is 5. The Hall–Kier alpha value is -4.70. The average molecular weight is 826 g/mol. The quantitative estimate of drug-likeness (QED) is 0.173. The molecule has 4 nitrogen and oxygen atoms in total. The molecule has 63 heavy (non-hydrogen) atoms. The van der Waals surface area contributed by atoms with Crippen LogP contribution in [0, 0.1) is 23.7 Å². The second-order valence-corrected chi connectivity index (χ2v) is 23.2. The molecule has 4 heteroatoms. The van der Waals surface area contributed by atoms with E-state index in [4.69, 9.17) is 4.98 Å². The van der Waals surface area contributed by atoms with Crippen molar-refractivity contribution in [3.05, 3.63) is 88.2 Å². The Morgan fingerprint density at radius 3 is 1.75 bits per heavy atom. The number of Topliss-reactive ketones (excluding diaryl/α,β-unsaturated/α-hetero) is 1. The summed E-state index contributed by atoms with van der Waals surface area (Å²) in [4.78, 5) is 19.8. The van der Waals surface area contributed by atoms with Gasteiger partial charge in [0.1, 0.15) is 0 Å². The molecule has 5 aromatic heterocycles. The highest BCUT2D eigenvalue weighted by Crippen LogP contribution is 2.62. The number of benzene rings is 4. The number of hydrogen-bond donors (Lipinski definition) is 0. The van der Waals surface area contributed by atoms with Crippen molar-refractivity contribution < 1.29 is 4.79 Å². The van der Waals surface area contributed by atoms with Gasteiger partial charge in [0, 0.05) is 66.2 Å². The first kappa shape index (κ1) is 35.6. The molecule has 316 valence electrons. The van der Waals surface area contributed by atoms with E-state index >= 15 is 0 Å². The van der Waals surface area contributed by atoms with E-state index in [0.717, 1.165) is 68.3 Å². The van der Waals surface area contributed by atoms with Crippen LogP contribution in [0.15, 0.2) is 54.7 Å². The van der Waals surface area contributed by atoms with E-state index in [0.29, 0.717) is 23.5 Å². The van der Waals surface area contributed by atoms with Crippen LogP contribution in [0.4, 0.5) is 0 Å². The fourth-order valence-corrected chi connectivity index (χ4v) is 17.9. The van der Waals surface area contributed by atoms with Crippen molar-refractivity contribution in [3.63, 3.8) is 0 Å². The molecular formula is C59H59N3O. The summed E-state index contributed by atoms with van der Waals surface area (Å²) in [6, 6.07) is 20.8. The Morgan fingerprint density at radius 2 is 1.10 bits per heavy atom. The summed E-state index contributed by atoms with van der Waals surface area (Å²) in [5.41, 5.74) is 16.9. The van der Waals surface area contributed by atoms with Crippen LogP contribution >= 0.6 is 0 Å². The second kappa shape index (κ2) is 11.8. The lowest BCUT2D eigenvalue weighted by molar-refractivity contribution is -0.00508. The van der Waals surface area contributed by atoms with Crippen LogP contribution in [-0.4, -0.2) is 19.6 Å². The molecule has 10 aliphatic rings. The summed E-state index contributed by atoms with van der Waals surface area (Å²) in [5, 5.41) is 11.4. The first-order valence-electron chi connectivity index (χ1n) is 25.8. The van der Waals surface area contributed by atoms with Crippen LogP contribution < -0.4 is 0 Å². The van der Waals surface area contributed by atoms with E-state index in [1.165, 1.54) is 157 Å². The van der Waals surface area contributed by atoms with Crippen molar-refractivity contribution in [2.24, 2.45) is 23.7 Å². The van der Waals surface area contributed by atoms with Crippen molar-refractivity contribution in [1.82, 2.24) is 13.8 Å². The number of carbonyl (C=O) groups excluding carboxylic acids is 1. The first-order chi connectivity index (χ1) is 30.9. The normalized spacial score (nSPS) is 30.0. The molecule has 0 atom stereocenters. The number of pyridine rings is 1. The van der Waals surface area contributed by atoms with Crippen LogP contribution in [0.3, 0.4) is 0 Å². The second-order valence-electron chi connectivity index (χ2n) is 23.2. The number of ketones is 1. The minimum absolute atomic E-state index is 0.140. The van der Waals surface area contributed by atoms with E-state index in [9.17, 15) is 4.79 Å². The van der Waals surface area contributed by atoms with E-state index < -0.39 is 0 Å². The van der Waals surface area contributed by atoms with Crippen LogP contribution in [0.25, 0.3) is 76.2 Å². The molecule has 8 bridgehead atoms. The van der Waals surface area contributed by atoms with Gasteiger partial charge >= 0.3 is 0 Å². The topological polar surface area (TPSA) is 38.8 Å². The molecule has 4 aromatic carbocycles. The molecule has 6 saturated carbocycles. The highest BCUT2D eigenvalue weighted by atomic mass is 16.1. The van der Waals surface area contributed by atoms with Gasteiger partial charge in [-0.1, -0.05) is 20.8 Å². The molecule has 0 N–H and O–H groups in total. The van der Waals surface area contributed by atoms with Gasteiger partial charge in [0.2, 0.25) is 0 Å². The summed E-state index contributed by atoms with van der Waals surface area (Å²) >= 11 is 0. The summed E-state index contributed by atoms with van der Waals surface area (Å²) in [6.45, 7) is 7.25. The molecule has 0 aliphatic heterocycles. The van der Waals surface area contributed by atoms with Crippen LogP contribution in [-0.2, 0) is 10.8 Å². The van der Waals surface area contributed by atoms with Gasteiger partial charge in [0.05, 0.1) is 39.3 Å². The summed E-state index contributed by atoms with van der Waals surface area (Å²) in [5.74, 6) is 5.02. The summed E-state index contributed by atoms with van der Waals surface area (Å²) < 4.78 is 5.30. The molecule has 10 aliphatic carbocycles. The SMILES string of the molecule is CCC(CC)(CC)c1cc2c3cc4c(cc3n3c5cnc6c(c5c(c1)c23)C1CCC6CC1)c1cc(C23CC5CC(CC(C5)C2)C3)cc2c3cc5c(cc3n4c21)C(=O)C1CCC5CC1. The monoisotopic (exact) mass is 825 g/mol. The maximum atomic E-state index is 14.4. The third kappa shape index (κ3) is 4.20. The Labute approximate surface area is 369 Å². The van der Waals surface area contributed by atoms with Gasteiger partial charge in [0.15, 0.2) is 5.78 Å². The van der Waals surface area contributed by atoms with Gasteiger partial charge in [-0.25, -0.2) is 0 Å². The smallest absolute Gasteiger partial charge is 0.166 e. The standard InChI is InChI=1S/C59H59N3O/c1-4-58(5-2,6-3)37-18-45-42-23-48-41(24-49(42)62-51-29-60-54-35-11-9-34(10-12-35)52(54)53(51)47(21-37)56(45)62)44-20-38(59-26-30-15-31(27-59)17-32(16-30)28-59)19-43-40-22-39-33-7-13-36(14-8-33)57(63)46(39)25-50(40)61(48)55(43)44/h18-25,29-36H,4-17,26-28H2,1-3H3. The maximum Gasteiger partial charge on any atom is 0.166 e. The van der Waals surface area contributed by atoms with Gasteiger partial charge in [-0.05, 0) is 220 Å². The van der Waals surface area contributed by atoms with Gasteiger partial charge in [-0.2, -0.15) is 0 Å². The first-order valence-corrected chi connectivity index (χ1v) is 25.8. The number of fused-ring (bicyclic) bond motifs is 16. The van der Waals surface area contributed by atoms with E-state index in [1.54, 1.807) is 11.1 Å². The van der Waals surface area contributed by atoms with E-state index in [-0.39, 0.29) is 16.7 Å². The highest BCUT2D eigenvalue weighted by molar-refractivity contribution is 6.30. The zero-order valence-electron chi connectivity index (χ0n) is 37.5. The molecule has 0 spiro atoms. The van der Waals surface area contributed by atoms with Crippen molar-refractivity contribution >= 4 is 82.0 Å². The van der Waals surface area contributed by atoms with Crippen LogP contribution in [0.2, 0.25) is 0 Å². The Bertz CT molecular complexity index is 3460. The number of carbonyl (C=O) groups is 1. The van der Waals surface area contributed by atoms with E-state index in [2.05, 4.69) is 84.3 Å². The van der Waals surface area contributed by atoms with Crippen molar-refractivity contribution in [1.29, 1.82) is 0 Å². The van der Waals surface area contributed by atoms with Gasteiger partial charge < -0.3 is 8.80 Å². The maximum absolute atomic E-state index is 14.4. The third-order valence-corrected chi connectivity index (χ3v) is 20.8. The van der Waals surface area contributed by atoms with Crippen molar-refractivity contribution in [2.45, 2.75) is 159 Å². The number of hydrogen-bond acceptors (Lipinski definition) is 2. The fraction of sp³-hybridized carbons (Fsp3) is 0.492. The average Bonchev–Trinajstić information content (AvgIpc) is 3.99. The number of aromatic nitrogens is 3. The largest absolute Gasteiger partial charge is 0.308 e. The minimum Gasteiger partial charge on any atom is -0.308 e. The Morgan fingerprint density at radius 1 is 0.571 bits per heavy atom. The van der Waals surface area contributed by atoms with Gasteiger partial charge in [0.25, 0.3) is 0 Å². The number of nitrogens with zero attached hydrogens (tertiary/aromatic N) is 3.